The number of carbonyl (C=O) groups excluding carboxylic acids is 1. The van der Waals surface area contributed by atoms with Crippen molar-refractivity contribution < 1.29 is 37.8 Å². The molecule has 2 aliphatic heterocycles. The number of halogens is 5. The smallest absolute Gasteiger partial charge is 0.477 e. The number of nitrogens with one attached hydrogen (secondary N) is 2. The van der Waals surface area contributed by atoms with Crippen LogP contribution in [0.3, 0.4) is 0 Å². The number of aromatic amines is 1. The molecule has 3 aliphatic rings. The minimum absolute atomic E-state index is 0.0241. The lowest BCUT2D eigenvalue weighted by atomic mass is 10.1. The maximum absolute atomic E-state index is 12.6. The van der Waals surface area contributed by atoms with Gasteiger partial charge in [0.1, 0.15) is 11.5 Å². The van der Waals surface area contributed by atoms with Gasteiger partial charge in [-0.05, 0) is 19.8 Å². The van der Waals surface area contributed by atoms with E-state index in [9.17, 15) is 27.9 Å². The minimum Gasteiger partial charge on any atom is -0.477 e. The Bertz CT molecular complexity index is 1300. The summed E-state index contributed by atoms with van der Waals surface area (Å²) in [5, 5.41) is 20.3. The lowest BCUT2D eigenvalue weighted by Crippen LogP contribution is -2.41. The SMILES string of the molecule is Cc1[nH]c(C(=O)N[C@H]2[C@@H]3CN(c4cc(C(=O)O)nc(N5CCC(N)CC5)n4)C[C@@H]32)c(Cl)c1Cl.O=C(O)C(F)(F)F. The number of alkyl halides is 3. The molecular weight excluding hydrogens is 582 g/mol. The van der Waals surface area contributed by atoms with E-state index in [1.165, 1.54) is 6.07 Å². The molecule has 2 saturated heterocycles. The quantitative estimate of drug-likeness (QED) is 0.339. The summed E-state index contributed by atoms with van der Waals surface area (Å²) in [6.07, 6.45) is -3.44. The predicted octanol–water partition coefficient (Wildman–Crippen LogP) is 2.54. The van der Waals surface area contributed by atoms with E-state index in [2.05, 4.69) is 25.2 Å². The molecule has 17 heteroatoms. The number of nitrogens with zero attached hydrogens (tertiary/aromatic N) is 4. The molecule has 3 fully saturated rings. The van der Waals surface area contributed by atoms with Crippen molar-refractivity contribution in [3.63, 3.8) is 0 Å². The average molecular weight is 608 g/mol. The molecule has 3 atom stereocenters. The number of carboxylic acid groups (broad SMARTS) is 2. The van der Waals surface area contributed by atoms with Crippen molar-refractivity contribution in [2.24, 2.45) is 17.6 Å². The van der Waals surface area contributed by atoms with Gasteiger partial charge in [0.2, 0.25) is 5.95 Å². The number of hydrogen-bond acceptors (Lipinski definition) is 8. The first kappa shape index (κ1) is 29.7. The highest BCUT2D eigenvalue weighted by Crippen LogP contribution is 2.47. The number of carbonyl (C=O) groups is 3. The minimum atomic E-state index is -5.08. The zero-order valence-electron chi connectivity index (χ0n) is 21.0. The molecule has 4 heterocycles. The highest BCUT2D eigenvalue weighted by molar-refractivity contribution is 6.44. The predicted molar refractivity (Wildman–Crippen MR) is 138 cm³/mol. The first-order chi connectivity index (χ1) is 18.7. The standard InChI is InChI=1S/C21H25Cl2N7O3.C2HF3O2/c1-9-15(22)16(23)18(25-9)19(31)28-17-11-7-30(8-12(11)17)14-6-13(20(32)33)26-21(27-14)29-4-2-10(24)3-5-29;3-2(4,5)1(6)7/h6,10-12,17,25H,2-5,7-8,24H2,1H3,(H,28,31)(H,32,33);(H,6,7)/t11-,12+,17+;. The van der Waals surface area contributed by atoms with Crippen LogP contribution >= 0.6 is 23.2 Å². The zero-order valence-corrected chi connectivity index (χ0v) is 22.5. The van der Waals surface area contributed by atoms with Gasteiger partial charge in [0.15, 0.2) is 5.69 Å². The van der Waals surface area contributed by atoms with Crippen molar-refractivity contribution in [3.8, 4) is 0 Å². The Morgan fingerprint density at radius 1 is 1.07 bits per heavy atom. The van der Waals surface area contributed by atoms with Gasteiger partial charge in [0.25, 0.3) is 5.91 Å². The highest BCUT2D eigenvalue weighted by atomic mass is 35.5. The van der Waals surface area contributed by atoms with Gasteiger partial charge in [-0.25, -0.2) is 14.6 Å². The van der Waals surface area contributed by atoms with Crippen LogP contribution < -0.4 is 20.9 Å². The van der Waals surface area contributed by atoms with E-state index in [0.717, 1.165) is 12.8 Å². The number of amides is 1. The van der Waals surface area contributed by atoms with E-state index in [4.69, 9.17) is 38.8 Å². The molecule has 2 aromatic rings. The van der Waals surface area contributed by atoms with Gasteiger partial charge in [-0.2, -0.15) is 18.2 Å². The van der Waals surface area contributed by atoms with Gasteiger partial charge < -0.3 is 36.0 Å². The molecule has 5 rings (SSSR count). The molecular formula is C23H26Cl2F3N7O5. The van der Waals surface area contributed by atoms with Crippen molar-refractivity contribution in [1.82, 2.24) is 20.3 Å². The fourth-order valence-corrected chi connectivity index (χ4v) is 5.23. The van der Waals surface area contributed by atoms with Crippen molar-refractivity contribution in [1.29, 1.82) is 0 Å². The highest BCUT2D eigenvalue weighted by Gasteiger charge is 2.57. The van der Waals surface area contributed by atoms with Gasteiger partial charge in [-0.1, -0.05) is 23.2 Å². The molecule has 2 aromatic heterocycles. The van der Waals surface area contributed by atoms with Crippen LogP contribution in [0.15, 0.2) is 6.07 Å². The van der Waals surface area contributed by atoms with Crippen LogP contribution in [0.4, 0.5) is 24.9 Å². The number of nitrogens with two attached hydrogens (primary N) is 1. The van der Waals surface area contributed by atoms with Gasteiger partial charge in [0, 0.05) is 61.9 Å². The normalized spacial score (nSPS) is 22.3. The average Bonchev–Trinajstić information content (AvgIpc) is 3.19. The summed E-state index contributed by atoms with van der Waals surface area (Å²) in [5.41, 5.74) is 6.89. The second kappa shape index (κ2) is 11.3. The second-order valence-electron chi connectivity index (χ2n) is 9.83. The first-order valence-electron chi connectivity index (χ1n) is 12.2. The van der Waals surface area contributed by atoms with Crippen LogP contribution in [0.1, 0.15) is 39.5 Å². The Morgan fingerprint density at radius 3 is 2.12 bits per heavy atom. The van der Waals surface area contributed by atoms with Gasteiger partial charge in [0.05, 0.1) is 10.0 Å². The monoisotopic (exact) mass is 607 g/mol. The van der Waals surface area contributed by atoms with Crippen molar-refractivity contribution in [3.05, 3.63) is 33.2 Å². The summed E-state index contributed by atoms with van der Waals surface area (Å²) in [6, 6.07) is 1.71. The van der Waals surface area contributed by atoms with Crippen LogP contribution in [0.5, 0.6) is 0 Å². The Kier molecular flexibility index (Phi) is 8.38. The fourth-order valence-electron chi connectivity index (χ4n) is 4.81. The van der Waals surface area contributed by atoms with E-state index in [0.29, 0.717) is 48.7 Å². The second-order valence-corrected chi connectivity index (χ2v) is 10.6. The summed E-state index contributed by atoms with van der Waals surface area (Å²) in [7, 11) is 0. The molecule has 0 bridgehead atoms. The van der Waals surface area contributed by atoms with E-state index in [1.54, 1.807) is 6.92 Å². The molecule has 0 unspecified atom stereocenters. The summed E-state index contributed by atoms with van der Waals surface area (Å²) < 4.78 is 31.7. The van der Waals surface area contributed by atoms with Crippen LogP contribution in [-0.2, 0) is 4.79 Å². The molecule has 6 N–H and O–H groups in total. The van der Waals surface area contributed by atoms with Gasteiger partial charge in [-0.3, -0.25) is 4.79 Å². The van der Waals surface area contributed by atoms with Crippen molar-refractivity contribution in [2.75, 3.05) is 36.0 Å². The third-order valence-electron chi connectivity index (χ3n) is 7.08. The molecule has 0 radical (unpaired) electrons. The topological polar surface area (TPSA) is 178 Å². The van der Waals surface area contributed by atoms with Gasteiger partial charge >= 0.3 is 18.1 Å². The number of aromatic carboxylic acids is 1. The summed E-state index contributed by atoms with van der Waals surface area (Å²) in [6.45, 7) is 4.51. The number of rotatable bonds is 5. The van der Waals surface area contributed by atoms with Crippen LogP contribution in [0.2, 0.25) is 10.0 Å². The van der Waals surface area contributed by atoms with E-state index in [-0.39, 0.29) is 46.2 Å². The molecule has 40 heavy (non-hydrogen) atoms. The van der Waals surface area contributed by atoms with Crippen molar-refractivity contribution in [2.45, 2.75) is 38.0 Å². The molecule has 1 amide bonds. The van der Waals surface area contributed by atoms with Crippen LogP contribution in [0, 0.1) is 18.8 Å². The number of aryl methyl sites for hydroxylation is 1. The third-order valence-corrected chi connectivity index (χ3v) is 8.03. The molecule has 1 saturated carbocycles. The number of aliphatic carboxylic acids is 1. The van der Waals surface area contributed by atoms with E-state index in [1.807, 2.05) is 4.90 Å². The Balaban J connectivity index is 0.000000470. The number of piperidine rings is 2. The maximum Gasteiger partial charge on any atom is 0.490 e. The molecule has 218 valence electrons. The number of fused-ring (bicyclic) bond motifs is 1. The number of H-pyrrole nitrogens is 1. The van der Waals surface area contributed by atoms with E-state index >= 15 is 0 Å². The summed E-state index contributed by atoms with van der Waals surface area (Å²) in [5.74, 6) is -2.57. The molecule has 0 aromatic carbocycles. The lowest BCUT2D eigenvalue weighted by Gasteiger charge is -2.31. The fraction of sp³-hybridized carbons (Fsp3) is 0.522. The molecule has 12 nitrogen and oxygen atoms in total. The Morgan fingerprint density at radius 2 is 1.65 bits per heavy atom. The first-order valence-corrected chi connectivity index (χ1v) is 12.9. The number of aromatic nitrogens is 3. The molecule has 1 aliphatic carbocycles. The third kappa shape index (κ3) is 6.36. The van der Waals surface area contributed by atoms with Crippen molar-refractivity contribution >= 4 is 52.8 Å². The Labute approximate surface area is 235 Å². The number of hydrogen-bond donors (Lipinski definition) is 5. The number of anilines is 2. The largest absolute Gasteiger partial charge is 0.490 e. The summed E-state index contributed by atoms with van der Waals surface area (Å²) >= 11 is 12.2. The summed E-state index contributed by atoms with van der Waals surface area (Å²) in [4.78, 5) is 49.1. The Hall–Kier alpha value is -3.30. The lowest BCUT2D eigenvalue weighted by molar-refractivity contribution is -0.192. The van der Waals surface area contributed by atoms with Gasteiger partial charge in [-0.15, -0.1) is 0 Å². The maximum atomic E-state index is 12.6. The molecule has 0 spiro atoms. The van der Waals surface area contributed by atoms with E-state index < -0.39 is 18.1 Å². The van der Waals surface area contributed by atoms with Crippen LogP contribution in [-0.4, -0.2) is 87.4 Å². The number of carboxylic acids is 2. The zero-order chi connectivity index (χ0) is 29.5. The van der Waals surface area contributed by atoms with Crippen LogP contribution in [0.25, 0.3) is 0 Å².